The molecule has 0 bridgehead atoms. The van der Waals surface area contributed by atoms with Crippen molar-refractivity contribution >= 4 is 21.6 Å². The van der Waals surface area contributed by atoms with Crippen LogP contribution in [-0.4, -0.2) is 12.0 Å². The van der Waals surface area contributed by atoms with Crippen molar-refractivity contribution in [2.24, 2.45) is 0 Å². The highest BCUT2D eigenvalue weighted by atomic mass is 79.9. The first-order valence-electron chi connectivity index (χ1n) is 5.80. The third-order valence-corrected chi connectivity index (χ3v) is 3.17. The molecule has 0 atom stereocenters. The number of halogens is 1. The van der Waals surface area contributed by atoms with Gasteiger partial charge in [0.2, 0.25) is 0 Å². The van der Waals surface area contributed by atoms with Crippen LogP contribution in [0.5, 0.6) is 11.5 Å². The van der Waals surface area contributed by atoms with Crippen LogP contribution in [0.4, 0.5) is 5.69 Å². The van der Waals surface area contributed by atoms with Crippen LogP contribution in [0.3, 0.4) is 0 Å². The summed E-state index contributed by atoms with van der Waals surface area (Å²) in [5.74, 6) is 0.988. The Balaban J connectivity index is 2.13. The molecule has 0 spiro atoms. The smallest absolute Gasteiger partial charge is 0.311 e. The molecule has 0 unspecified atom stereocenters. The number of ether oxygens (including phenoxy) is 2. The molecule has 0 aliphatic carbocycles. The second-order valence-electron chi connectivity index (χ2n) is 4.01. The van der Waals surface area contributed by atoms with Gasteiger partial charge in [0.05, 0.1) is 12.0 Å². The first kappa shape index (κ1) is 14.3. The zero-order valence-corrected chi connectivity index (χ0v) is 12.3. The third kappa shape index (κ3) is 3.48. The second kappa shape index (κ2) is 6.38. The van der Waals surface area contributed by atoms with E-state index in [-0.39, 0.29) is 18.0 Å². The molecule has 0 aromatic heterocycles. The molecule has 0 fully saturated rings. The van der Waals surface area contributed by atoms with E-state index in [0.29, 0.717) is 0 Å². The van der Waals surface area contributed by atoms with E-state index in [0.717, 1.165) is 15.8 Å². The van der Waals surface area contributed by atoms with Crippen LogP contribution in [0.15, 0.2) is 46.9 Å². The molecule has 2 rings (SSSR count). The van der Waals surface area contributed by atoms with Gasteiger partial charge >= 0.3 is 5.69 Å². The van der Waals surface area contributed by atoms with Crippen LogP contribution in [0.25, 0.3) is 0 Å². The van der Waals surface area contributed by atoms with Gasteiger partial charge in [-0.1, -0.05) is 28.1 Å². The van der Waals surface area contributed by atoms with Gasteiger partial charge in [-0.3, -0.25) is 10.1 Å². The molecule has 20 heavy (non-hydrogen) atoms. The van der Waals surface area contributed by atoms with E-state index in [1.807, 2.05) is 24.3 Å². The second-order valence-corrected chi connectivity index (χ2v) is 4.92. The molecule has 2 aromatic carbocycles. The van der Waals surface area contributed by atoms with Gasteiger partial charge in [0.1, 0.15) is 12.4 Å². The highest BCUT2D eigenvalue weighted by molar-refractivity contribution is 9.10. The number of methoxy groups -OCH3 is 1. The van der Waals surface area contributed by atoms with Crippen molar-refractivity contribution in [2.75, 3.05) is 7.11 Å². The average molecular weight is 338 g/mol. The SMILES string of the molecule is COc1ccc(COc2cc(Br)ccc2[N+](=O)[O-])cc1. The summed E-state index contributed by atoms with van der Waals surface area (Å²) >= 11 is 3.27. The van der Waals surface area contributed by atoms with Gasteiger partial charge in [-0.2, -0.15) is 0 Å². The van der Waals surface area contributed by atoms with Crippen LogP contribution in [0.2, 0.25) is 0 Å². The molecule has 0 radical (unpaired) electrons. The zero-order valence-electron chi connectivity index (χ0n) is 10.7. The van der Waals surface area contributed by atoms with E-state index in [4.69, 9.17) is 9.47 Å². The maximum atomic E-state index is 10.9. The molecule has 6 heteroatoms. The highest BCUT2D eigenvalue weighted by Crippen LogP contribution is 2.30. The van der Waals surface area contributed by atoms with Crippen molar-refractivity contribution in [2.45, 2.75) is 6.61 Å². The number of nitro benzene ring substituents is 1. The maximum absolute atomic E-state index is 10.9. The summed E-state index contributed by atoms with van der Waals surface area (Å²) < 4.78 is 11.3. The van der Waals surface area contributed by atoms with Crippen molar-refractivity contribution in [1.82, 2.24) is 0 Å². The van der Waals surface area contributed by atoms with Gasteiger partial charge in [-0.05, 0) is 23.8 Å². The Labute approximate surface area is 124 Å². The summed E-state index contributed by atoms with van der Waals surface area (Å²) in [5.41, 5.74) is 0.849. The van der Waals surface area contributed by atoms with E-state index < -0.39 is 4.92 Å². The molecule has 0 saturated carbocycles. The lowest BCUT2D eigenvalue weighted by Crippen LogP contribution is -1.99. The predicted molar refractivity (Wildman–Crippen MR) is 78.1 cm³/mol. The van der Waals surface area contributed by atoms with Crippen LogP contribution in [0.1, 0.15) is 5.56 Å². The van der Waals surface area contributed by atoms with Crippen LogP contribution in [-0.2, 0) is 6.61 Å². The molecule has 0 heterocycles. The van der Waals surface area contributed by atoms with Gasteiger partial charge in [-0.15, -0.1) is 0 Å². The topological polar surface area (TPSA) is 61.6 Å². The lowest BCUT2D eigenvalue weighted by atomic mass is 10.2. The summed E-state index contributed by atoms with van der Waals surface area (Å²) in [6.07, 6.45) is 0. The van der Waals surface area contributed by atoms with E-state index in [2.05, 4.69) is 15.9 Å². The summed E-state index contributed by atoms with van der Waals surface area (Å²) in [7, 11) is 1.59. The number of nitrogens with zero attached hydrogens (tertiary/aromatic N) is 1. The number of nitro groups is 1. The third-order valence-electron chi connectivity index (χ3n) is 2.67. The van der Waals surface area contributed by atoms with E-state index in [9.17, 15) is 10.1 Å². The van der Waals surface area contributed by atoms with Gasteiger partial charge in [0.15, 0.2) is 5.75 Å². The Bertz CT molecular complexity index is 613. The molecule has 0 aliphatic rings. The van der Waals surface area contributed by atoms with Gasteiger partial charge < -0.3 is 9.47 Å². The standard InChI is InChI=1S/C14H12BrNO4/c1-19-12-5-2-10(3-6-12)9-20-14-8-11(15)4-7-13(14)16(17)18/h2-8H,9H2,1H3. The normalized spacial score (nSPS) is 10.1. The minimum Gasteiger partial charge on any atom is -0.497 e. The zero-order chi connectivity index (χ0) is 14.5. The number of hydrogen-bond donors (Lipinski definition) is 0. The van der Waals surface area contributed by atoms with Crippen molar-refractivity contribution < 1.29 is 14.4 Å². The van der Waals surface area contributed by atoms with Gasteiger partial charge in [-0.25, -0.2) is 0 Å². The molecular weight excluding hydrogens is 326 g/mol. The fraction of sp³-hybridized carbons (Fsp3) is 0.143. The van der Waals surface area contributed by atoms with Crippen LogP contribution < -0.4 is 9.47 Å². The highest BCUT2D eigenvalue weighted by Gasteiger charge is 2.15. The first-order chi connectivity index (χ1) is 9.60. The molecule has 2 aromatic rings. The molecule has 5 nitrogen and oxygen atoms in total. The monoisotopic (exact) mass is 337 g/mol. The Morgan fingerprint density at radius 1 is 1.20 bits per heavy atom. The van der Waals surface area contributed by atoms with Crippen molar-refractivity contribution in [3.8, 4) is 11.5 Å². The van der Waals surface area contributed by atoms with Crippen molar-refractivity contribution in [3.05, 3.63) is 62.6 Å². The Kier molecular flexibility index (Phi) is 4.57. The van der Waals surface area contributed by atoms with E-state index in [1.165, 1.54) is 6.07 Å². The lowest BCUT2D eigenvalue weighted by Gasteiger charge is -2.08. The fourth-order valence-corrected chi connectivity index (χ4v) is 1.98. The quantitative estimate of drug-likeness (QED) is 0.612. The average Bonchev–Trinajstić information content (AvgIpc) is 2.45. The van der Waals surface area contributed by atoms with E-state index >= 15 is 0 Å². The summed E-state index contributed by atoms with van der Waals surface area (Å²) in [5, 5.41) is 10.9. The first-order valence-corrected chi connectivity index (χ1v) is 6.59. The lowest BCUT2D eigenvalue weighted by molar-refractivity contribution is -0.386. The van der Waals surface area contributed by atoms with E-state index in [1.54, 1.807) is 19.2 Å². The van der Waals surface area contributed by atoms with Gasteiger partial charge in [0, 0.05) is 16.6 Å². The summed E-state index contributed by atoms with van der Waals surface area (Å²) in [4.78, 5) is 10.5. The molecule has 104 valence electrons. The number of rotatable bonds is 5. The molecule has 0 N–H and O–H groups in total. The Hall–Kier alpha value is -2.08. The van der Waals surface area contributed by atoms with Gasteiger partial charge in [0.25, 0.3) is 0 Å². The number of benzene rings is 2. The summed E-state index contributed by atoms with van der Waals surface area (Å²) in [6.45, 7) is 0.251. The molecule has 0 aliphatic heterocycles. The Morgan fingerprint density at radius 2 is 1.90 bits per heavy atom. The predicted octanol–water partition coefficient (Wildman–Crippen LogP) is 3.94. The molecular formula is C14H12BrNO4. The minimum atomic E-state index is -0.463. The maximum Gasteiger partial charge on any atom is 0.311 e. The fourth-order valence-electron chi connectivity index (χ4n) is 1.64. The van der Waals surface area contributed by atoms with Crippen LogP contribution >= 0.6 is 15.9 Å². The molecule has 0 amide bonds. The molecule has 0 saturated heterocycles. The summed E-state index contributed by atoms with van der Waals surface area (Å²) in [6, 6.07) is 11.9. The largest absolute Gasteiger partial charge is 0.497 e. The van der Waals surface area contributed by atoms with Crippen LogP contribution in [0, 0.1) is 10.1 Å². The minimum absolute atomic E-state index is 0.0540. The van der Waals surface area contributed by atoms with Crippen molar-refractivity contribution in [3.63, 3.8) is 0 Å². The number of hydrogen-bond acceptors (Lipinski definition) is 4. The Morgan fingerprint density at radius 3 is 2.50 bits per heavy atom. The van der Waals surface area contributed by atoms with Crippen molar-refractivity contribution in [1.29, 1.82) is 0 Å².